The maximum absolute atomic E-state index is 13.2. The van der Waals surface area contributed by atoms with Crippen molar-refractivity contribution in [1.82, 2.24) is 4.90 Å². The van der Waals surface area contributed by atoms with Crippen LogP contribution in [0.3, 0.4) is 0 Å². The number of carbonyl (C=O) groups excluding carboxylic acids is 1. The Morgan fingerprint density at radius 3 is 2.50 bits per heavy atom. The highest BCUT2D eigenvalue weighted by Gasteiger charge is 2.20. The minimum Gasteiger partial charge on any atom is -0.369 e. The van der Waals surface area contributed by atoms with Gasteiger partial charge < -0.3 is 10.2 Å². The first-order chi connectivity index (χ1) is 12.4. The van der Waals surface area contributed by atoms with E-state index in [0.717, 1.165) is 44.0 Å². The summed E-state index contributed by atoms with van der Waals surface area (Å²) in [7, 11) is 0. The van der Waals surface area contributed by atoms with E-state index in [1.165, 1.54) is 11.6 Å². The number of anilines is 2. The van der Waals surface area contributed by atoms with Crippen molar-refractivity contribution < 1.29 is 13.6 Å². The van der Waals surface area contributed by atoms with Crippen molar-refractivity contribution in [3.05, 3.63) is 58.6 Å². The van der Waals surface area contributed by atoms with E-state index >= 15 is 0 Å². The lowest BCUT2D eigenvalue weighted by molar-refractivity contribution is -0.117. The van der Waals surface area contributed by atoms with E-state index in [9.17, 15) is 13.6 Å². The Balaban J connectivity index is 1.52. The first-order valence-electron chi connectivity index (χ1n) is 8.41. The topological polar surface area (TPSA) is 35.6 Å². The van der Waals surface area contributed by atoms with E-state index in [1.807, 2.05) is 30.0 Å². The van der Waals surface area contributed by atoms with E-state index in [1.54, 1.807) is 0 Å². The first-order valence-corrected chi connectivity index (χ1v) is 8.78. The molecule has 0 aromatic heterocycles. The van der Waals surface area contributed by atoms with Crippen LogP contribution in [-0.2, 0) is 4.79 Å². The smallest absolute Gasteiger partial charge is 0.238 e. The van der Waals surface area contributed by atoms with Crippen LogP contribution in [0.4, 0.5) is 20.2 Å². The Morgan fingerprint density at radius 2 is 1.81 bits per heavy atom. The molecule has 26 heavy (non-hydrogen) atoms. The average molecular weight is 380 g/mol. The minimum atomic E-state index is -0.978. The van der Waals surface area contributed by atoms with Gasteiger partial charge in [0.15, 0.2) is 11.6 Å². The van der Waals surface area contributed by atoms with Crippen LogP contribution in [0.25, 0.3) is 0 Å². The van der Waals surface area contributed by atoms with Crippen molar-refractivity contribution >= 4 is 28.9 Å². The molecular weight excluding hydrogens is 360 g/mol. The van der Waals surface area contributed by atoms with E-state index in [0.29, 0.717) is 5.02 Å². The summed E-state index contributed by atoms with van der Waals surface area (Å²) in [6.07, 6.45) is 0. The fourth-order valence-corrected chi connectivity index (χ4v) is 3.21. The average Bonchev–Trinajstić information content (AvgIpc) is 2.61. The number of hydrogen-bond donors (Lipinski definition) is 1. The number of benzene rings is 2. The van der Waals surface area contributed by atoms with Gasteiger partial charge in [0.05, 0.1) is 6.54 Å². The molecule has 2 aromatic carbocycles. The summed E-state index contributed by atoms with van der Waals surface area (Å²) in [6.45, 7) is 5.31. The number of nitrogens with zero attached hydrogens (tertiary/aromatic N) is 2. The second-order valence-corrected chi connectivity index (χ2v) is 6.81. The van der Waals surface area contributed by atoms with Gasteiger partial charge in [-0.1, -0.05) is 17.7 Å². The van der Waals surface area contributed by atoms with Gasteiger partial charge >= 0.3 is 0 Å². The van der Waals surface area contributed by atoms with Crippen molar-refractivity contribution in [2.24, 2.45) is 0 Å². The Kier molecular flexibility index (Phi) is 5.74. The molecule has 0 bridgehead atoms. The van der Waals surface area contributed by atoms with Crippen LogP contribution < -0.4 is 10.2 Å². The van der Waals surface area contributed by atoms with Gasteiger partial charge in [0.25, 0.3) is 0 Å². The Labute approximate surface area is 156 Å². The number of aryl methyl sites for hydroxylation is 1. The summed E-state index contributed by atoms with van der Waals surface area (Å²) in [5.41, 5.74) is 2.53. The van der Waals surface area contributed by atoms with E-state index in [4.69, 9.17) is 11.6 Å². The van der Waals surface area contributed by atoms with E-state index in [-0.39, 0.29) is 18.1 Å². The normalized spacial score (nSPS) is 15.2. The van der Waals surface area contributed by atoms with E-state index in [2.05, 4.69) is 10.2 Å². The van der Waals surface area contributed by atoms with Crippen LogP contribution >= 0.6 is 11.6 Å². The Hall–Kier alpha value is -2.18. The summed E-state index contributed by atoms with van der Waals surface area (Å²) < 4.78 is 26.1. The van der Waals surface area contributed by atoms with Crippen molar-refractivity contribution in [2.75, 3.05) is 42.9 Å². The second kappa shape index (κ2) is 8.01. The van der Waals surface area contributed by atoms with Crippen LogP contribution in [0.2, 0.25) is 5.02 Å². The molecule has 7 heteroatoms. The summed E-state index contributed by atoms with van der Waals surface area (Å²) in [5, 5.41) is 3.31. The monoisotopic (exact) mass is 379 g/mol. The molecular formula is C19H20ClF2N3O. The highest BCUT2D eigenvalue weighted by atomic mass is 35.5. The second-order valence-electron chi connectivity index (χ2n) is 6.37. The molecule has 0 atom stereocenters. The number of piperazine rings is 1. The van der Waals surface area contributed by atoms with E-state index < -0.39 is 11.6 Å². The number of halogens is 3. The molecule has 1 heterocycles. The molecule has 0 saturated carbocycles. The molecule has 0 spiro atoms. The third-order valence-electron chi connectivity index (χ3n) is 4.45. The third-order valence-corrected chi connectivity index (χ3v) is 4.69. The zero-order valence-corrected chi connectivity index (χ0v) is 15.2. The summed E-state index contributed by atoms with van der Waals surface area (Å²) >= 11 is 6.09. The van der Waals surface area contributed by atoms with Crippen LogP contribution in [0.15, 0.2) is 36.4 Å². The van der Waals surface area contributed by atoms with Gasteiger partial charge in [-0.3, -0.25) is 9.69 Å². The molecule has 0 unspecified atom stereocenters. The maximum Gasteiger partial charge on any atom is 0.238 e. The molecule has 1 amide bonds. The molecule has 1 aliphatic rings. The maximum atomic E-state index is 13.2. The quantitative estimate of drug-likeness (QED) is 0.880. The highest BCUT2D eigenvalue weighted by Crippen LogP contribution is 2.25. The van der Waals surface area contributed by atoms with Gasteiger partial charge in [0, 0.05) is 48.6 Å². The summed E-state index contributed by atoms with van der Waals surface area (Å²) in [6, 6.07) is 9.15. The van der Waals surface area contributed by atoms with Crippen LogP contribution in [-0.4, -0.2) is 43.5 Å². The Morgan fingerprint density at radius 1 is 1.08 bits per heavy atom. The van der Waals surface area contributed by atoms with Gasteiger partial charge in [-0.25, -0.2) is 8.78 Å². The summed E-state index contributed by atoms with van der Waals surface area (Å²) in [5.74, 6) is -2.16. The molecule has 0 radical (unpaired) electrons. The van der Waals surface area contributed by atoms with Crippen molar-refractivity contribution in [3.63, 3.8) is 0 Å². The lowest BCUT2D eigenvalue weighted by atomic mass is 10.1. The van der Waals surface area contributed by atoms with Gasteiger partial charge in [0.1, 0.15) is 0 Å². The van der Waals surface area contributed by atoms with Crippen molar-refractivity contribution in [1.29, 1.82) is 0 Å². The van der Waals surface area contributed by atoms with Crippen molar-refractivity contribution in [2.45, 2.75) is 6.92 Å². The van der Waals surface area contributed by atoms with Crippen LogP contribution in [0.5, 0.6) is 0 Å². The standard InChI is InChI=1S/C19H20ClF2N3O/c1-13-2-3-14(20)10-18(13)25-8-6-24(7-9-25)12-19(26)23-15-4-5-16(21)17(22)11-15/h2-5,10-11H,6-9,12H2,1H3,(H,23,26). The fraction of sp³-hybridized carbons (Fsp3) is 0.316. The van der Waals surface area contributed by atoms with Crippen LogP contribution in [0, 0.1) is 18.6 Å². The summed E-state index contributed by atoms with van der Waals surface area (Å²) in [4.78, 5) is 16.4. The first kappa shape index (κ1) is 18.6. The Bertz CT molecular complexity index is 807. The molecule has 4 nitrogen and oxygen atoms in total. The molecule has 2 aromatic rings. The number of rotatable bonds is 4. The van der Waals surface area contributed by atoms with Gasteiger partial charge in [-0.05, 0) is 36.8 Å². The third kappa shape index (κ3) is 4.51. The zero-order chi connectivity index (χ0) is 18.7. The molecule has 1 N–H and O–H groups in total. The number of amides is 1. The lowest BCUT2D eigenvalue weighted by Gasteiger charge is -2.36. The predicted octanol–water partition coefficient (Wildman–Crippen LogP) is 3.69. The SMILES string of the molecule is Cc1ccc(Cl)cc1N1CCN(CC(=O)Nc2ccc(F)c(F)c2)CC1. The molecule has 0 aliphatic carbocycles. The minimum absolute atomic E-state index is 0.210. The van der Waals surface area contributed by atoms with Gasteiger partial charge in [0.2, 0.25) is 5.91 Å². The molecule has 1 aliphatic heterocycles. The predicted molar refractivity (Wildman–Crippen MR) is 99.8 cm³/mol. The highest BCUT2D eigenvalue weighted by molar-refractivity contribution is 6.30. The lowest BCUT2D eigenvalue weighted by Crippen LogP contribution is -2.48. The van der Waals surface area contributed by atoms with Gasteiger partial charge in [-0.2, -0.15) is 0 Å². The van der Waals surface area contributed by atoms with Gasteiger partial charge in [-0.15, -0.1) is 0 Å². The number of hydrogen-bond acceptors (Lipinski definition) is 3. The molecule has 138 valence electrons. The number of nitrogens with one attached hydrogen (secondary N) is 1. The largest absolute Gasteiger partial charge is 0.369 e. The fourth-order valence-electron chi connectivity index (χ4n) is 3.05. The van der Waals surface area contributed by atoms with Crippen molar-refractivity contribution in [3.8, 4) is 0 Å². The number of carbonyl (C=O) groups is 1. The molecule has 3 rings (SSSR count). The molecule has 1 fully saturated rings. The van der Waals surface area contributed by atoms with Crippen LogP contribution in [0.1, 0.15) is 5.56 Å². The zero-order valence-electron chi connectivity index (χ0n) is 14.4. The molecule has 1 saturated heterocycles.